The van der Waals surface area contributed by atoms with Crippen LogP contribution in [0, 0.1) is 0 Å². The zero-order valence-corrected chi connectivity index (χ0v) is 10.0. The first-order valence-corrected chi connectivity index (χ1v) is 5.62. The average Bonchev–Trinajstić information content (AvgIpc) is 2.82. The van der Waals surface area contributed by atoms with Crippen molar-refractivity contribution >= 4 is 34.1 Å². The van der Waals surface area contributed by atoms with E-state index in [2.05, 4.69) is 15.2 Å². The first kappa shape index (κ1) is 10.5. The van der Waals surface area contributed by atoms with Gasteiger partial charge in [-0.2, -0.15) is 15.0 Å². The SMILES string of the molecule is Clc1cc(Cl)c2cc(-n3nccn3)ccc2n1. The summed E-state index contributed by atoms with van der Waals surface area (Å²) in [6, 6.07) is 7.19. The molecule has 0 N–H and O–H groups in total. The minimum absolute atomic E-state index is 0.382. The summed E-state index contributed by atoms with van der Waals surface area (Å²) in [5, 5.41) is 9.88. The number of hydrogen-bond acceptors (Lipinski definition) is 3. The van der Waals surface area contributed by atoms with Gasteiger partial charge in [0.1, 0.15) is 5.15 Å². The summed E-state index contributed by atoms with van der Waals surface area (Å²) >= 11 is 12.0. The Morgan fingerprint density at radius 1 is 1.00 bits per heavy atom. The number of pyridine rings is 1. The Balaban J connectivity index is 2.26. The Hall–Kier alpha value is -1.65. The van der Waals surface area contributed by atoms with Crippen molar-refractivity contribution in [1.82, 2.24) is 20.0 Å². The number of aromatic nitrogens is 4. The second-order valence-electron chi connectivity index (χ2n) is 3.45. The Bertz CT molecular complexity index is 679. The highest BCUT2D eigenvalue weighted by atomic mass is 35.5. The van der Waals surface area contributed by atoms with Crippen LogP contribution in [0.25, 0.3) is 16.6 Å². The van der Waals surface area contributed by atoms with Gasteiger partial charge in [-0.3, -0.25) is 0 Å². The molecule has 84 valence electrons. The van der Waals surface area contributed by atoms with Gasteiger partial charge in [-0.15, -0.1) is 0 Å². The molecule has 1 aromatic carbocycles. The van der Waals surface area contributed by atoms with Gasteiger partial charge < -0.3 is 0 Å². The lowest BCUT2D eigenvalue weighted by Gasteiger charge is -2.04. The van der Waals surface area contributed by atoms with Crippen molar-refractivity contribution in [2.24, 2.45) is 0 Å². The number of halogens is 2. The molecule has 6 heteroatoms. The largest absolute Gasteiger partial charge is 0.236 e. The highest BCUT2D eigenvalue weighted by Crippen LogP contribution is 2.26. The predicted octanol–water partition coefficient (Wildman–Crippen LogP) is 3.12. The van der Waals surface area contributed by atoms with E-state index in [9.17, 15) is 0 Å². The smallest absolute Gasteiger partial charge is 0.131 e. The molecule has 0 saturated carbocycles. The number of benzene rings is 1. The summed E-state index contributed by atoms with van der Waals surface area (Å²) < 4.78 is 0. The molecule has 0 unspecified atom stereocenters. The summed E-state index contributed by atoms with van der Waals surface area (Å²) in [7, 11) is 0. The van der Waals surface area contributed by atoms with Crippen LogP contribution in [0.4, 0.5) is 0 Å². The van der Waals surface area contributed by atoms with Crippen molar-refractivity contribution < 1.29 is 0 Å². The van der Waals surface area contributed by atoms with Crippen molar-refractivity contribution in [1.29, 1.82) is 0 Å². The number of fused-ring (bicyclic) bond motifs is 1. The molecule has 0 aliphatic heterocycles. The van der Waals surface area contributed by atoms with Gasteiger partial charge in [-0.1, -0.05) is 23.2 Å². The second-order valence-corrected chi connectivity index (χ2v) is 4.24. The van der Waals surface area contributed by atoms with Gasteiger partial charge in [-0.25, -0.2) is 4.98 Å². The van der Waals surface area contributed by atoms with E-state index < -0.39 is 0 Å². The standard InChI is InChI=1S/C11H6Cl2N4/c12-9-6-11(13)16-10-2-1-7(5-8(9)10)17-14-3-4-15-17/h1-6H. The van der Waals surface area contributed by atoms with Gasteiger partial charge in [0.2, 0.25) is 0 Å². The number of hydrogen-bond donors (Lipinski definition) is 0. The van der Waals surface area contributed by atoms with Gasteiger partial charge in [-0.05, 0) is 24.3 Å². The van der Waals surface area contributed by atoms with Crippen LogP contribution in [0.2, 0.25) is 10.2 Å². The minimum Gasteiger partial charge on any atom is -0.236 e. The first-order chi connectivity index (χ1) is 8.24. The van der Waals surface area contributed by atoms with Crippen molar-refractivity contribution in [2.45, 2.75) is 0 Å². The van der Waals surface area contributed by atoms with E-state index in [0.29, 0.717) is 10.2 Å². The van der Waals surface area contributed by atoms with Gasteiger partial charge in [0.25, 0.3) is 0 Å². The van der Waals surface area contributed by atoms with Crippen molar-refractivity contribution in [2.75, 3.05) is 0 Å². The van der Waals surface area contributed by atoms with Gasteiger partial charge >= 0.3 is 0 Å². The van der Waals surface area contributed by atoms with Crippen LogP contribution in [0.3, 0.4) is 0 Å². The van der Waals surface area contributed by atoms with Crippen molar-refractivity contribution in [3.05, 3.63) is 46.8 Å². The summed E-state index contributed by atoms with van der Waals surface area (Å²) in [5.74, 6) is 0. The molecular formula is C11H6Cl2N4. The molecule has 2 heterocycles. The molecule has 17 heavy (non-hydrogen) atoms. The second kappa shape index (κ2) is 3.98. The Morgan fingerprint density at radius 3 is 2.53 bits per heavy atom. The third kappa shape index (κ3) is 1.85. The maximum atomic E-state index is 6.12. The Morgan fingerprint density at radius 2 is 1.76 bits per heavy atom. The monoisotopic (exact) mass is 264 g/mol. The van der Waals surface area contributed by atoms with Crippen LogP contribution >= 0.6 is 23.2 Å². The van der Waals surface area contributed by atoms with E-state index in [4.69, 9.17) is 23.2 Å². The molecule has 0 aliphatic carbocycles. The fourth-order valence-corrected chi connectivity index (χ4v) is 2.13. The van der Waals surface area contributed by atoms with Crippen molar-refractivity contribution in [3.8, 4) is 5.69 Å². The normalized spacial score (nSPS) is 10.9. The summed E-state index contributed by atoms with van der Waals surface area (Å²) in [5.41, 5.74) is 1.58. The highest BCUT2D eigenvalue weighted by molar-refractivity contribution is 6.37. The molecule has 0 atom stereocenters. The molecule has 0 saturated heterocycles. The predicted molar refractivity (Wildman–Crippen MR) is 66.7 cm³/mol. The van der Waals surface area contributed by atoms with Crippen molar-refractivity contribution in [3.63, 3.8) is 0 Å². The van der Waals surface area contributed by atoms with E-state index in [1.54, 1.807) is 18.5 Å². The minimum atomic E-state index is 0.382. The first-order valence-electron chi connectivity index (χ1n) is 4.86. The summed E-state index contributed by atoms with van der Waals surface area (Å²) in [6.45, 7) is 0. The van der Waals surface area contributed by atoms with E-state index in [1.165, 1.54) is 4.80 Å². The van der Waals surface area contributed by atoms with Crippen LogP contribution in [-0.2, 0) is 0 Å². The summed E-state index contributed by atoms with van der Waals surface area (Å²) in [4.78, 5) is 5.71. The van der Waals surface area contributed by atoms with Crippen LogP contribution < -0.4 is 0 Å². The van der Waals surface area contributed by atoms with Crippen LogP contribution in [0.15, 0.2) is 36.7 Å². The third-order valence-electron chi connectivity index (χ3n) is 2.36. The van der Waals surface area contributed by atoms with Gasteiger partial charge in [0.15, 0.2) is 0 Å². The lowest BCUT2D eigenvalue weighted by atomic mass is 10.2. The Labute approximate surface area is 107 Å². The summed E-state index contributed by atoms with van der Waals surface area (Å²) in [6.07, 6.45) is 3.23. The lowest BCUT2D eigenvalue weighted by Crippen LogP contribution is -1.98. The van der Waals surface area contributed by atoms with Crippen LogP contribution in [0.1, 0.15) is 0 Å². The van der Waals surface area contributed by atoms with E-state index >= 15 is 0 Å². The van der Waals surface area contributed by atoms with E-state index in [1.807, 2.05) is 18.2 Å². The van der Waals surface area contributed by atoms with Crippen LogP contribution in [-0.4, -0.2) is 20.0 Å². The molecule has 0 aliphatic rings. The fraction of sp³-hybridized carbons (Fsp3) is 0. The van der Waals surface area contributed by atoms with Gasteiger partial charge in [0, 0.05) is 5.39 Å². The highest BCUT2D eigenvalue weighted by Gasteiger charge is 2.05. The zero-order chi connectivity index (χ0) is 11.8. The number of nitrogens with zero attached hydrogens (tertiary/aromatic N) is 4. The van der Waals surface area contributed by atoms with E-state index in [0.717, 1.165) is 16.6 Å². The molecule has 0 fully saturated rings. The topological polar surface area (TPSA) is 43.6 Å². The molecular weight excluding hydrogens is 259 g/mol. The quantitative estimate of drug-likeness (QED) is 0.635. The molecule has 0 bridgehead atoms. The maximum Gasteiger partial charge on any atom is 0.131 e. The van der Waals surface area contributed by atoms with Gasteiger partial charge in [0.05, 0.1) is 28.6 Å². The third-order valence-corrected chi connectivity index (χ3v) is 2.87. The lowest BCUT2D eigenvalue weighted by molar-refractivity contribution is 0.753. The molecule has 0 spiro atoms. The van der Waals surface area contributed by atoms with Crippen LogP contribution in [0.5, 0.6) is 0 Å². The molecule has 3 rings (SSSR count). The molecule has 4 nitrogen and oxygen atoms in total. The molecule has 2 aromatic heterocycles. The molecule has 0 amide bonds. The zero-order valence-electron chi connectivity index (χ0n) is 8.51. The Kier molecular flexibility index (Phi) is 2.46. The average molecular weight is 265 g/mol. The van der Waals surface area contributed by atoms with E-state index in [-0.39, 0.29) is 0 Å². The molecule has 0 radical (unpaired) electrons. The number of rotatable bonds is 1. The fourth-order valence-electron chi connectivity index (χ4n) is 1.62. The molecule has 3 aromatic rings. The maximum absolute atomic E-state index is 6.12.